The molecule has 0 unspecified atom stereocenters. The number of carbonyl (C=O) groups is 2. The average molecular weight is 679 g/mol. The molecule has 0 saturated heterocycles. The predicted octanol–water partition coefficient (Wildman–Crippen LogP) is 7.20. The minimum Gasteiger partial charge on any atom is -0.352 e. The number of benzene rings is 4. The fourth-order valence-electron chi connectivity index (χ4n) is 5.71. The van der Waals surface area contributed by atoms with Crippen LogP contribution in [0.4, 0.5) is 5.69 Å². The maximum Gasteiger partial charge on any atom is 0.264 e. The Hall–Kier alpha value is -3.85. The van der Waals surface area contributed by atoms with Gasteiger partial charge in [0.2, 0.25) is 11.8 Å². The van der Waals surface area contributed by atoms with Crippen LogP contribution in [0.3, 0.4) is 0 Å². The van der Waals surface area contributed by atoms with E-state index in [1.54, 1.807) is 54.6 Å². The lowest BCUT2D eigenvalue weighted by Crippen LogP contribution is -2.54. The van der Waals surface area contributed by atoms with E-state index in [4.69, 9.17) is 23.2 Å². The highest BCUT2D eigenvalue weighted by Gasteiger charge is 2.35. The third kappa shape index (κ3) is 8.29. The molecule has 1 aliphatic rings. The van der Waals surface area contributed by atoms with Gasteiger partial charge < -0.3 is 10.2 Å². The van der Waals surface area contributed by atoms with Crippen molar-refractivity contribution in [3.05, 3.63) is 130 Å². The fraction of sp³-hybridized carbons (Fsp3) is 0.278. The van der Waals surface area contributed by atoms with Crippen molar-refractivity contribution >= 4 is 50.7 Å². The number of anilines is 1. The largest absolute Gasteiger partial charge is 0.352 e. The molecule has 1 fully saturated rings. The molecule has 46 heavy (non-hydrogen) atoms. The molecule has 0 spiro atoms. The van der Waals surface area contributed by atoms with Gasteiger partial charge in [0, 0.05) is 29.1 Å². The minimum absolute atomic E-state index is 0.00707. The number of halogens is 2. The summed E-state index contributed by atoms with van der Waals surface area (Å²) in [5, 5.41) is 4.04. The van der Waals surface area contributed by atoms with Gasteiger partial charge in [0.15, 0.2) is 0 Å². The van der Waals surface area contributed by atoms with Gasteiger partial charge in [-0.1, -0.05) is 102 Å². The normalized spacial score (nSPS) is 14.1. The van der Waals surface area contributed by atoms with Crippen molar-refractivity contribution in [1.82, 2.24) is 10.2 Å². The van der Waals surface area contributed by atoms with Crippen LogP contribution < -0.4 is 9.62 Å². The molecule has 4 aromatic carbocycles. The molecule has 1 saturated carbocycles. The van der Waals surface area contributed by atoms with Gasteiger partial charge in [0.1, 0.15) is 12.6 Å². The molecular formula is C36H37Cl2N3O4S. The first-order valence-electron chi connectivity index (χ1n) is 15.3. The van der Waals surface area contributed by atoms with Crippen molar-refractivity contribution in [3.8, 4) is 0 Å². The van der Waals surface area contributed by atoms with Crippen molar-refractivity contribution in [2.24, 2.45) is 0 Å². The molecule has 240 valence electrons. The Morgan fingerprint density at radius 1 is 0.848 bits per heavy atom. The lowest BCUT2D eigenvalue weighted by atomic mass is 10.0. The first kappa shape index (κ1) is 33.5. The molecule has 0 heterocycles. The Morgan fingerprint density at radius 3 is 2.13 bits per heavy atom. The first-order chi connectivity index (χ1) is 22.1. The second kappa shape index (κ2) is 15.2. The summed E-state index contributed by atoms with van der Waals surface area (Å²) in [4.78, 5) is 30.2. The second-order valence-corrected chi connectivity index (χ2v) is 14.3. The summed E-state index contributed by atoms with van der Waals surface area (Å²) < 4.78 is 29.4. The second-order valence-electron chi connectivity index (χ2n) is 11.6. The standard InChI is InChI=1S/C36H37Cl2N3O4S/c1-26-15-21-32(22-16-26)46(44,45)41(31-19-17-29(37)18-20-31)25-35(42)40(24-28-11-5-8-14-33(28)38)34(23-27-9-3-2-4-10-27)36(43)39-30-12-6-7-13-30/h2-5,8-11,14-22,30,34H,6-7,12-13,23-25H2,1H3,(H,39,43)/t34-/m0/s1. The molecule has 1 atom stereocenters. The van der Waals surface area contributed by atoms with E-state index in [0.29, 0.717) is 15.6 Å². The van der Waals surface area contributed by atoms with E-state index in [9.17, 15) is 18.0 Å². The number of amides is 2. The maximum absolute atomic E-state index is 14.6. The summed E-state index contributed by atoms with van der Waals surface area (Å²) in [6, 6.07) is 28.5. The highest BCUT2D eigenvalue weighted by Crippen LogP contribution is 2.28. The Kier molecular flexibility index (Phi) is 11.0. The van der Waals surface area contributed by atoms with Crippen molar-refractivity contribution in [1.29, 1.82) is 0 Å². The van der Waals surface area contributed by atoms with E-state index in [1.165, 1.54) is 17.0 Å². The summed E-state index contributed by atoms with van der Waals surface area (Å²) in [5.41, 5.74) is 2.68. The van der Waals surface area contributed by atoms with Gasteiger partial charge in [-0.05, 0) is 73.4 Å². The predicted molar refractivity (Wildman–Crippen MR) is 183 cm³/mol. The van der Waals surface area contributed by atoms with Crippen LogP contribution in [0.15, 0.2) is 108 Å². The van der Waals surface area contributed by atoms with Gasteiger partial charge in [-0.3, -0.25) is 13.9 Å². The molecule has 7 nitrogen and oxygen atoms in total. The van der Waals surface area contributed by atoms with Crippen molar-refractivity contribution in [2.75, 3.05) is 10.8 Å². The maximum atomic E-state index is 14.6. The minimum atomic E-state index is -4.20. The molecular weight excluding hydrogens is 641 g/mol. The monoisotopic (exact) mass is 677 g/mol. The number of aryl methyl sites for hydroxylation is 1. The van der Waals surface area contributed by atoms with E-state index in [2.05, 4.69) is 5.32 Å². The van der Waals surface area contributed by atoms with Crippen LogP contribution >= 0.6 is 23.2 Å². The SMILES string of the molecule is Cc1ccc(S(=O)(=O)N(CC(=O)N(Cc2ccccc2Cl)[C@@H](Cc2ccccc2)C(=O)NC2CCCC2)c2ccc(Cl)cc2)cc1. The lowest BCUT2D eigenvalue weighted by molar-refractivity contribution is -0.140. The molecule has 0 bridgehead atoms. The molecule has 5 rings (SSSR count). The summed E-state index contributed by atoms with van der Waals surface area (Å²) in [6.45, 7) is 1.32. The van der Waals surface area contributed by atoms with Crippen LogP contribution in [0.2, 0.25) is 10.0 Å². The lowest BCUT2D eigenvalue weighted by Gasteiger charge is -2.34. The zero-order chi connectivity index (χ0) is 32.7. The molecule has 10 heteroatoms. The number of carbonyl (C=O) groups excluding carboxylic acids is 2. The van der Waals surface area contributed by atoms with E-state index < -0.39 is 28.5 Å². The van der Waals surface area contributed by atoms with Gasteiger partial charge in [0.05, 0.1) is 10.6 Å². The number of nitrogens with one attached hydrogen (secondary N) is 1. The van der Waals surface area contributed by atoms with E-state index in [0.717, 1.165) is 41.1 Å². The number of hydrogen-bond acceptors (Lipinski definition) is 4. The van der Waals surface area contributed by atoms with E-state index >= 15 is 0 Å². The van der Waals surface area contributed by atoms with Gasteiger partial charge in [0.25, 0.3) is 10.0 Å². The molecule has 4 aromatic rings. The molecule has 0 radical (unpaired) electrons. The molecule has 1 aliphatic carbocycles. The quantitative estimate of drug-likeness (QED) is 0.172. The fourth-order valence-corrected chi connectivity index (χ4v) is 7.44. The number of hydrogen-bond donors (Lipinski definition) is 1. The summed E-state index contributed by atoms with van der Waals surface area (Å²) in [6.07, 6.45) is 4.05. The smallest absolute Gasteiger partial charge is 0.264 e. The average Bonchev–Trinajstić information content (AvgIpc) is 3.56. The molecule has 0 aromatic heterocycles. The number of nitrogens with zero attached hydrogens (tertiary/aromatic N) is 2. The van der Waals surface area contributed by atoms with Crippen LogP contribution in [0, 0.1) is 6.92 Å². The van der Waals surface area contributed by atoms with Crippen LogP contribution in [0.5, 0.6) is 0 Å². The van der Waals surface area contributed by atoms with Crippen molar-refractivity contribution in [2.45, 2.75) is 62.6 Å². The highest BCUT2D eigenvalue weighted by atomic mass is 35.5. The highest BCUT2D eigenvalue weighted by molar-refractivity contribution is 7.92. The Morgan fingerprint density at radius 2 is 1.48 bits per heavy atom. The van der Waals surface area contributed by atoms with Crippen molar-refractivity contribution in [3.63, 3.8) is 0 Å². The first-order valence-corrected chi connectivity index (χ1v) is 17.5. The zero-order valence-corrected chi connectivity index (χ0v) is 27.9. The number of rotatable bonds is 12. The van der Waals surface area contributed by atoms with Gasteiger partial charge in [-0.2, -0.15) is 0 Å². The topological polar surface area (TPSA) is 86.8 Å². The summed E-state index contributed by atoms with van der Waals surface area (Å²) >= 11 is 12.7. The molecule has 0 aliphatic heterocycles. The van der Waals surface area contributed by atoms with Crippen LogP contribution in [0.25, 0.3) is 0 Å². The molecule has 2 amide bonds. The number of sulfonamides is 1. The summed E-state index contributed by atoms with van der Waals surface area (Å²) in [5.74, 6) is -0.830. The molecule has 1 N–H and O–H groups in total. The summed E-state index contributed by atoms with van der Waals surface area (Å²) in [7, 11) is -4.20. The van der Waals surface area contributed by atoms with Crippen molar-refractivity contribution < 1.29 is 18.0 Å². The zero-order valence-electron chi connectivity index (χ0n) is 25.6. The van der Waals surface area contributed by atoms with Gasteiger partial charge in [-0.25, -0.2) is 8.42 Å². The van der Waals surface area contributed by atoms with Gasteiger partial charge >= 0.3 is 0 Å². The van der Waals surface area contributed by atoms with Gasteiger partial charge in [-0.15, -0.1) is 0 Å². The Balaban J connectivity index is 1.57. The van der Waals surface area contributed by atoms with E-state index in [-0.39, 0.29) is 35.5 Å². The Bertz CT molecular complexity index is 1740. The van der Waals surface area contributed by atoms with Crippen LogP contribution in [-0.2, 0) is 32.6 Å². The Labute approximate surface area is 281 Å². The third-order valence-corrected chi connectivity index (χ3v) is 10.7. The third-order valence-electron chi connectivity index (χ3n) is 8.27. The van der Waals surface area contributed by atoms with Crippen LogP contribution in [0.1, 0.15) is 42.4 Å². The van der Waals surface area contributed by atoms with Crippen LogP contribution in [-0.4, -0.2) is 43.8 Å². The van der Waals surface area contributed by atoms with E-state index in [1.807, 2.05) is 43.3 Å².